The molecule has 2 heterocycles. The van der Waals surface area contributed by atoms with E-state index in [1.807, 2.05) is 12.1 Å². The number of hydrogen-bond acceptors (Lipinski definition) is 2. The minimum Gasteiger partial charge on any atom is -0.370 e. The summed E-state index contributed by atoms with van der Waals surface area (Å²) < 4.78 is 15.3. The zero-order valence-corrected chi connectivity index (χ0v) is 15.3. The smallest absolute Gasteiger partial charge is 0.133 e. The average molecular weight is 349 g/mol. The largest absolute Gasteiger partial charge is 0.370 e. The van der Waals surface area contributed by atoms with E-state index in [0.717, 1.165) is 55.0 Å². The van der Waals surface area contributed by atoms with Crippen molar-refractivity contribution in [3.05, 3.63) is 76.2 Å². The molecule has 0 radical (unpaired) electrons. The molecule has 0 aliphatic carbocycles. The molecule has 0 atom stereocenters. The van der Waals surface area contributed by atoms with Crippen LogP contribution in [0.4, 0.5) is 10.2 Å². The van der Waals surface area contributed by atoms with Crippen LogP contribution < -0.4 is 5.32 Å². The number of nitrogens with zero attached hydrogens (tertiary/aromatic N) is 2. The van der Waals surface area contributed by atoms with Gasteiger partial charge in [-0.1, -0.05) is 24.3 Å². The molecule has 0 unspecified atom stereocenters. The van der Waals surface area contributed by atoms with Crippen LogP contribution >= 0.6 is 0 Å². The zero-order chi connectivity index (χ0) is 18.1. The molecule has 4 heteroatoms. The molecule has 0 fully saturated rings. The lowest BCUT2D eigenvalue weighted by Crippen LogP contribution is -2.08. The van der Waals surface area contributed by atoms with Crippen molar-refractivity contribution in [3.63, 3.8) is 0 Å². The fourth-order valence-electron chi connectivity index (χ4n) is 3.65. The maximum absolute atomic E-state index is 13.2. The van der Waals surface area contributed by atoms with Gasteiger partial charge in [0.2, 0.25) is 0 Å². The number of aromatic nitrogens is 2. The molecule has 0 saturated carbocycles. The van der Waals surface area contributed by atoms with E-state index in [4.69, 9.17) is 5.10 Å². The van der Waals surface area contributed by atoms with Crippen LogP contribution in [0, 0.1) is 19.7 Å². The first-order valence-electron chi connectivity index (χ1n) is 9.29. The third-order valence-corrected chi connectivity index (χ3v) is 5.30. The molecule has 1 aliphatic rings. The Morgan fingerprint density at radius 3 is 2.69 bits per heavy atom. The predicted octanol–water partition coefficient (Wildman–Crippen LogP) is 4.97. The van der Waals surface area contributed by atoms with Crippen LogP contribution in [0.1, 0.15) is 40.8 Å². The Hall–Kier alpha value is -2.62. The Morgan fingerprint density at radius 2 is 1.88 bits per heavy atom. The van der Waals surface area contributed by atoms with E-state index in [2.05, 4.69) is 42.0 Å². The summed E-state index contributed by atoms with van der Waals surface area (Å²) in [4.78, 5) is 0. The van der Waals surface area contributed by atoms with Crippen LogP contribution in [-0.2, 0) is 12.8 Å². The highest BCUT2D eigenvalue weighted by molar-refractivity contribution is 5.57. The monoisotopic (exact) mass is 349 g/mol. The van der Waals surface area contributed by atoms with Crippen molar-refractivity contribution in [3.8, 4) is 5.69 Å². The summed E-state index contributed by atoms with van der Waals surface area (Å²) in [6.45, 7) is 5.25. The topological polar surface area (TPSA) is 29.9 Å². The molecule has 1 aliphatic heterocycles. The van der Waals surface area contributed by atoms with Crippen LogP contribution in [0.15, 0.2) is 42.5 Å². The van der Waals surface area contributed by atoms with Gasteiger partial charge in [-0.3, -0.25) is 0 Å². The highest BCUT2D eigenvalue weighted by Gasteiger charge is 2.21. The number of anilines is 1. The number of benzene rings is 2. The second kappa shape index (κ2) is 6.94. The molecule has 26 heavy (non-hydrogen) atoms. The van der Waals surface area contributed by atoms with Gasteiger partial charge in [0.1, 0.15) is 11.6 Å². The van der Waals surface area contributed by atoms with Crippen LogP contribution in [0.2, 0.25) is 0 Å². The van der Waals surface area contributed by atoms with Crippen LogP contribution in [0.5, 0.6) is 0 Å². The number of halogens is 1. The first kappa shape index (κ1) is 16.8. The Bertz CT molecular complexity index is 925. The van der Waals surface area contributed by atoms with Crippen LogP contribution in [0.25, 0.3) is 5.69 Å². The summed E-state index contributed by atoms with van der Waals surface area (Å²) in [7, 11) is 0. The number of aryl methyl sites for hydroxylation is 1. The van der Waals surface area contributed by atoms with Crippen molar-refractivity contribution < 1.29 is 4.39 Å². The normalized spacial score (nSPS) is 13.8. The van der Waals surface area contributed by atoms with E-state index in [1.165, 1.54) is 28.8 Å². The van der Waals surface area contributed by atoms with E-state index in [1.54, 1.807) is 0 Å². The van der Waals surface area contributed by atoms with Gasteiger partial charge in [0.15, 0.2) is 0 Å². The summed E-state index contributed by atoms with van der Waals surface area (Å²) in [5, 5.41) is 8.58. The van der Waals surface area contributed by atoms with Crippen LogP contribution in [-0.4, -0.2) is 16.3 Å². The molecule has 4 rings (SSSR count). The van der Waals surface area contributed by atoms with Crippen molar-refractivity contribution in [2.75, 3.05) is 11.9 Å². The van der Waals surface area contributed by atoms with Crippen molar-refractivity contribution >= 4 is 5.82 Å². The molecular weight excluding hydrogens is 325 g/mol. The van der Waals surface area contributed by atoms with E-state index >= 15 is 0 Å². The van der Waals surface area contributed by atoms with E-state index in [-0.39, 0.29) is 5.82 Å². The third kappa shape index (κ3) is 3.12. The summed E-state index contributed by atoms with van der Waals surface area (Å²) in [6.07, 6.45) is 4.08. The van der Waals surface area contributed by atoms with Crippen molar-refractivity contribution in [2.24, 2.45) is 0 Å². The maximum atomic E-state index is 13.2. The standard InChI is InChI=1S/C22H24FN3/c1-15-6-5-8-21(16(15)2)26-22-19(7-3-4-13-24-22)20(25-26)14-17-9-11-18(23)12-10-17/h5-6,8-12,24H,3-4,7,13-14H2,1-2H3. The summed E-state index contributed by atoms with van der Waals surface area (Å²) in [5.41, 5.74) is 7.11. The maximum Gasteiger partial charge on any atom is 0.133 e. The SMILES string of the molecule is Cc1cccc(-n2nc(Cc3ccc(F)cc3)c3c2NCCCC3)c1C. The Labute approximate surface area is 153 Å². The second-order valence-electron chi connectivity index (χ2n) is 7.09. The van der Waals surface area contributed by atoms with Gasteiger partial charge >= 0.3 is 0 Å². The van der Waals surface area contributed by atoms with Crippen LogP contribution in [0.3, 0.4) is 0 Å². The molecule has 0 amide bonds. The molecule has 1 aromatic heterocycles. The molecule has 0 bridgehead atoms. The van der Waals surface area contributed by atoms with E-state index < -0.39 is 0 Å². The molecule has 2 aromatic carbocycles. The van der Waals surface area contributed by atoms with Gasteiger partial charge in [-0.15, -0.1) is 0 Å². The molecule has 3 aromatic rings. The summed E-state index contributed by atoms with van der Waals surface area (Å²) >= 11 is 0. The Kier molecular flexibility index (Phi) is 4.49. The number of hydrogen-bond donors (Lipinski definition) is 1. The lowest BCUT2D eigenvalue weighted by molar-refractivity contribution is 0.627. The zero-order valence-electron chi connectivity index (χ0n) is 15.3. The molecule has 1 N–H and O–H groups in total. The fourth-order valence-corrected chi connectivity index (χ4v) is 3.65. The number of fused-ring (bicyclic) bond motifs is 1. The van der Waals surface area contributed by atoms with Gasteiger partial charge in [0, 0.05) is 18.5 Å². The molecule has 0 spiro atoms. The first-order chi connectivity index (χ1) is 12.6. The number of nitrogens with one attached hydrogen (secondary N) is 1. The van der Waals surface area contributed by atoms with Gasteiger partial charge in [-0.2, -0.15) is 5.10 Å². The molecule has 3 nitrogen and oxygen atoms in total. The lowest BCUT2D eigenvalue weighted by atomic mass is 10.0. The highest BCUT2D eigenvalue weighted by Crippen LogP contribution is 2.31. The van der Waals surface area contributed by atoms with Crippen molar-refractivity contribution in [1.82, 2.24) is 9.78 Å². The molecular formula is C22H24FN3. The van der Waals surface area contributed by atoms with Gasteiger partial charge < -0.3 is 5.32 Å². The number of rotatable bonds is 3. The lowest BCUT2D eigenvalue weighted by Gasteiger charge is -2.13. The fraction of sp³-hybridized carbons (Fsp3) is 0.318. The van der Waals surface area contributed by atoms with Gasteiger partial charge in [-0.25, -0.2) is 9.07 Å². The average Bonchev–Trinajstić information content (AvgIpc) is 2.81. The van der Waals surface area contributed by atoms with E-state index in [9.17, 15) is 4.39 Å². The quantitative estimate of drug-likeness (QED) is 0.724. The van der Waals surface area contributed by atoms with Gasteiger partial charge in [0.25, 0.3) is 0 Å². The first-order valence-corrected chi connectivity index (χ1v) is 9.29. The Morgan fingerprint density at radius 1 is 1.08 bits per heavy atom. The third-order valence-electron chi connectivity index (χ3n) is 5.30. The summed E-state index contributed by atoms with van der Waals surface area (Å²) in [6, 6.07) is 13.1. The van der Waals surface area contributed by atoms with Gasteiger partial charge in [0.05, 0.1) is 11.4 Å². The van der Waals surface area contributed by atoms with Gasteiger partial charge in [-0.05, 0) is 68.0 Å². The minimum atomic E-state index is -0.199. The molecule has 0 saturated heterocycles. The Balaban J connectivity index is 1.81. The van der Waals surface area contributed by atoms with E-state index in [0.29, 0.717) is 0 Å². The minimum absolute atomic E-state index is 0.199. The second-order valence-corrected chi connectivity index (χ2v) is 7.09. The molecule has 134 valence electrons. The highest BCUT2D eigenvalue weighted by atomic mass is 19.1. The van der Waals surface area contributed by atoms with Crippen molar-refractivity contribution in [1.29, 1.82) is 0 Å². The summed E-state index contributed by atoms with van der Waals surface area (Å²) in [5.74, 6) is 0.920. The van der Waals surface area contributed by atoms with Crippen molar-refractivity contribution in [2.45, 2.75) is 39.5 Å². The predicted molar refractivity (Wildman–Crippen MR) is 104 cm³/mol.